The molecule has 2 aromatic rings. The Labute approximate surface area is 136 Å². The third-order valence-corrected chi connectivity index (χ3v) is 3.56. The van der Waals surface area contributed by atoms with Gasteiger partial charge in [0.15, 0.2) is 0 Å². The first-order valence-electron chi connectivity index (χ1n) is 7.72. The van der Waals surface area contributed by atoms with Crippen LogP contribution >= 0.6 is 0 Å². The Morgan fingerprint density at radius 1 is 1.26 bits per heavy atom. The van der Waals surface area contributed by atoms with Crippen LogP contribution in [0.5, 0.6) is 0 Å². The molecule has 0 aromatic carbocycles. The SMILES string of the molecule is CC(CNCCCNc1cccnc1N)c1ccc(C#N)cn1. The van der Waals surface area contributed by atoms with Crippen LogP contribution in [0.15, 0.2) is 36.7 Å². The number of pyridine rings is 2. The van der Waals surface area contributed by atoms with Crippen molar-refractivity contribution >= 4 is 11.5 Å². The molecule has 1 unspecified atom stereocenters. The Bertz CT molecular complexity index is 647. The molecule has 0 saturated carbocycles. The number of nitrogens with two attached hydrogens (primary N) is 1. The highest BCUT2D eigenvalue weighted by molar-refractivity contribution is 5.60. The molecule has 0 radical (unpaired) electrons. The van der Waals surface area contributed by atoms with E-state index in [1.54, 1.807) is 18.5 Å². The Hall–Kier alpha value is -2.65. The van der Waals surface area contributed by atoms with E-state index in [1.807, 2.05) is 18.2 Å². The molecule has 0 spiro atoms. The van der Waals surface area contributed by atoms with Crippen LogP contribution in [-0.4, -0.2) is 29.6 Å². The molecule has 0 aliphatic carbocycles. The quantitative estimate of drug-likeness (QED) is 0.646. The molecule has 0 amide bonds. The fourth-order valence-corrected chi connectivity index (χ4v) is 2.19. The minimum absolute atomic E-state index is 0.310. The van der Waals surface area contributed by atoms with Crippen LogP contribution in [0.1, 0.15) is 30.5 Å². The smallest absolute Gasteiger partial charge is 0.146 e. The van der Waals surface area contributed by atoms with E-state index in [9.17, 15) is 0 Å². The van der Waals surface area contributed by atoms with Gasteiger partial charge in [-0.15, -0.1) is 0 Å². The monoisotopic (exact) mass is 310 g/mol. The number of nitrogens with zero attached hydrogens (tertiary/aromatic N) is 3. The number of nitriles is 1. The number of anilines is 2. The second-order valence-corrected chi connectivity index (χ2v) is 5.41. The van der Waals surface area contributed by atoms with Gasteiger partial charge < -0.3 is 16.4 Å². The highest BCUT2D eigenvalue weighted by atomic mass is 15.0. The summed E-state index contributed by atoms with van der Waals surface area (Å²) in [4.78, 5) is 8.35. The zero-order chi connectivity index (χ0) is 16.5. The summed E-state index contributed by atoms with van der Waals surface area (Å²) in [5, 5.41) is 15.5. The topological polar surface area (TPSA) is 99.6 Å². The predicted octanol–water partition coefficient (Wildman–Crippen LogP) is 2.13. The molecule has 0 aliphatic rings. The van der Waals surface area contributed by atoms with Gasteiger partial charge in [-0.3, -0.25) is 4.98 Å². The van der Waals surface area contributed by atoms with Gasteiger partial charge in [-0.25, -0.2) is 4.98 Å². The number of rotatable bonds is 8. The summed E-state index contributed by atoms with van der Waals surface area (Å²) in [6.07, 6.45) is 4.29. The summed E-state index contributed by atoms with van der Waals surface area (Å²) in [7, 11) is 0. The number of hydrogen-bond donors (Lipinski definition) is 3. The fourth-order valence-electron chi connectivity index (χ4n) is 2.19. The molecule has 1 atom stereocenters. The molecule has 0 aliphatic heterocycles. The Morgan fingerprint density at radius 3 is 2.83 bits per heavy atom. The minimum atomic E-state index is 0.310. The number of nitrogens with one attached hydrogen (secondary N) is 2. The van der Waals surface area contributed by atoms with Crippen molar-refractivity contribution in [2.24, 2.45) is 0 Å². The van der Waals surface area contributed by atoms with Crippen LogP contribution in [0.25, 0.3) is 0 Å². The molecule has 120 valence electrons. The first kappa shape index (κ1) is 16.7. The Morgan fingerprint density at radius 2 is 2.13 bits per heavy atom. The molecule has 23 heavy (non-hydrogen) atoms. The van der Waals surface area contributed by atoms with Gasteiger partial charge in [-0.05, 0) is 37.2 Å². The van der Waals surface area contributed by atoms with E-state index in [-0.39, 0.29) is 0 Å². The van der Waals surface area contributed by atoms with E-state index in [0.717, 1.165) is 37.4 Å². The summed E-state index contributed by atoms with van der Waals surface area (Å²) >= 11 is 0. The maximum absolute atomic E-state index is 8.77. The van der Waals surface area contributed by atoms with Crippen LogP contribution < -0.4 is 16.4 Å². The van der Waals surface area contributed by atoms with Gasteiger partial charge in [-0.2, -0.15) is 5.26 Å². The highest BCUT2D eigenvalue weighted by Crippen LogP contribution is 2.13. The van der Waals surface area contributed by atoms with Crippen LogP contribution in [0.4, 0.5) is 11.5 Å². The Balaban J connectivity index is 1.63. The maximum Gasteiger partial charge on any atom is 0.146 e. The molecule has 6 nitrogen and oxygen atoms in total. The van der Waals surface area contributed by atoms with E-state index >= 15 is 0 Å². The largest absolute Gasteiger partial charge is 0.382 e. The first-order valence-corrected chi connectivity index (χ1v) is 7.72. The molecule has 0 fully saturated rings. The molecule has 2 aromatic heterocycles. The van der Waals surface area contributed by atoms with Crippen molar-refractivity contribution in [2.75, 3.05) is 30.7 Å². The Kier molecular flexibility index (Phi) is 6.33. The van der Waals surface area contributed by atoms with Gasteiger partial charge in [-0.1, -0.05) is 6.92 Å². The zero-order valence-electron chi connectivity index (χ0n) is 13.3. The van der Waals surface area contributed by atoms with Crippen molar-refractivity contribution in [2.45, 2.75) is 19.3 Å². The minimum Gasteiger partial charge on any atom is -0.382 e. The van der Waals surface area contributed by atoms with Gasteiger partial charge in [0.05, 0.1) is 11.3 Å². The fraction of sp³-hybridized carbons (Fsp3) is 0.353. The average Bonchev–Trinajstić information content (AvgIpc) is 2.59. The molecule has 0 saturated heterocycles. The second kappa shape index (κ2) is 8.71. The first-order chi connectivity index (χ1) is 11.2. The molecule has 6 heteroatoms. The van der Waals surface area contributed by atoms with Gasteiger partial charge in [0.25, 0.3) is 0 Å². The molecular formula is C17H22N6. The number of nitrogen functional groups attached to an aromatic ring is 1. The second-order valence-electron chi connectivity index (χ2n) is 5.41. The molecular weight excluding hydrogens is 288 g/mol. The van der Waals surface area contributed by atoms with E-state index in [0.29, 0.717) is 17.3 Å². The van der Waals surface area contributed by atoms with E-state index < -0.39 is 0 Å². The molecule has 0 bridgehead atoms. The van der Waals surface area contributed by atoms with Crippen molar-refractivity contribution in [3.8, 4) is 6.07 Å². The summed E-state index contributed by atoms with van der Waals surface area (Å²) in [6, 6.07) is 9.59. The molecule has 4 N–H and O–H groups in total. The standard InChI is InChI=1S/C17H22N6/c1-13(15-6-5-14(10-18)12-23-15)11-20-7-3-9-21-16-4-2-8-22-17(16)19/h2,4-6,8,12-13,20-21H,3,7,9,11H2,1H3,(H2,19,22). The summed E-state index contributed by atoms with van der Waals surface area (Å²) in [6.45, 7) is 4.73. The number of hydrogen-bond acceptors (Lipinski definition) is 6. The lowest BCUT2D eigenvalue weighted by Crippen LogP contribution is -2.23. The van der Waals surface area contributed by atoms with E-state index in [1.165, 1.54) is 0 Å². The van der Waals surface area contributed by atoms with Gasteiger partial charge >= 0.3 is 0 Å². The summed E-state index contributed by atoms with van der Waals surface area (Å²) in [5.74, 6) is 0.839. The van der Waals surface area contributed by atoms with Crippen molar-refractivity contribution in [1.29, 1.82) is 5.26 Å². The lowest BCUT2D eigenvalue weighted by atomic mass is 10.1. The predicted molar refractivity (Wildman–Crippen MR) is 92.0 cm³/mol. The van der Waals surface area contributed by atoms with Crippen molar-refractivity contribution in [1.82, 2.24) is 15.3 Å². The van der Waals surface area contributed by atoms with Crippen LogP contribution in [0.3, 0.4) is 0 Å². The van der Waals surface area contributed by atoms with Crippen LogP contribution in [-0.2, 0) is 0 Å². The van der Waals surface area contributed by atoms with Crippen molar-refractivity contribution < 1.29 is 0 Å². The van der Waals surface area contributed by atoms with Crippen molar-refractivity contribution in [3.63, 3.8) is 0 Å². The van der Waals surface area contributed by atoms with E-state index in [2.05, 4.69) is 33.6 Å². The van der Waals surface area contributed by atoms with Crippen LogP contribution in [0.2, 0.25) is 0 Å². The molecule has 2 heterocycles. The van der Waals surface area contributed by atoms with E-state index in [4.69, 9.17) is 11.0 Å². The van der Waals surface area contributed by atoms with Gasteiger partial charge in [0.1, 0.15) is 11.9 Å². The zero-order valence-corrected chi connectivity index (χ0v) is 13.3. The lowest BCUT2D eigenvalue weighted by Gasteiger charge is -2.13. The summed E-state index contributed by atoms with van der Waals surface area (Å²) in [5.41, 5.74) is 8.24. The van der Waals surface area contributed by atoms with Gasteiger partial charge in [0.2, 0.25) is 0 Å². The third-order valence-electron chi connectivity index (χ3n) is 3.56. The van der Waals surface area contributed by atoms with Crippen LogP contribution in [0, 0.1) is 11.3 Å². The average molecular weight is 310 g/mol. The normalized spacial score (nSPS) is 11.7. The number of aromatic nitrogens is 2. The van der Waals surface area contributed by atoms with Gasteiger partial charge in [0, 0.05) is 37.1 Å². The summed E-state index contributed by atoms with van der Waals surface area (Å²) < 4.78 is 0. The third kappa shape index (κ3) is 5.24. The van der Waals surface area contributed by atoms with Crippen molar-refractivity contribution in [3.05, 3.63) is 47.9 Å². The molecule has 2 rings (SSSR count). The maximum atomic E-state index is 8.77. The lowest BCUT2D eigenvalue weighted by molar-refractivity contribution is 0.594. The highest BCUT2D eigenvalue weighted by Gasteiger charge is 2.06.